The van der Waals surface area contributed by atoms with Crippen molar-refractivity contribution < 1.29 is 0 Å². The van der Waals surface area contributed by atoms with Gasteiger partial charge in [0.15, 0.2) is 0 Å². The van der Waals surface area contributed by atoms with Crippen molar-refractivity contribution in [2.24, 2.45) is 5.73 Å². The summed E-state index contributed by atoms with van der Waals surface area (Å²) in [5.74, 6) is 1.05. The number of halogens is 1. The van der Waals surface area contributed by atoms with Crippen LogP contribution in [0.4, 0.5) is 0 Å². The van der Waals surface area contributed by atoms with Crippen molar-refractivity contribution in [3.8, 4) is 0 Å². The molecule has 4 heteroatoms. The van der Waals surface area contributed by atoms with Crippen LogP contribution < -0.4 is 5.73 Å². The fourth-order valence-electron chi connectivity index (χ4n) is 0.0975. The Balaban J connectivity index is 2.34. The van der Waals surface area contributed by atoms with E-state index in [1.165, 1.54) is 0 Å². The second kappa shape index (κ2) is 6.40. The maximum absolute atomic E-state index is 5.46. The molecule has 0 fully saturated rings. The quantitative estimate of drug-likeness (QED) is 0.563. The van der Waals surface area contributed by atoms with E-state index in [4.69, 9.17) is 14.7 Å². The van der Waals surface area contributed by atoms with Crippen molar-refractivity contribution >= 4 is 36.5 Å². The van der Waals surface area contributed by atoms with Crippen molar-refractivity contribution in [2.75, 3.05) is 12.3 Å². The predicted octanol–water partition coefficient (Wildman–Crippen LogP) is 0.451. The maximum atomic E-state index is 5.46. The zero-order valence-corrected chi connectivity index (χ0v) is 7.70. The van der Waals surface area contributed by atoms with Gasteiger partial charge in [0, 0.05) is 0 Å². The fraction of sp³-hybridized carbons (Fsp3) is 1.00. The summed E-state index contributed by atoms with van der Waals surface area (Å²) < 4.78 is 0. The number of rotatable bonds is 3. The van der Waals surface area contributed by atoms with Gasteiger partial charge < -0.3 is 0 Å². The minimum absolute atomic E-state index is 0.501. The molecule has 0 aliphatic heterocycles. The Kier molecular flexibility index (Phi) is 7.89. The van der Waals surface area contributed by atoms with Gasteiger partial charge in [0.05, 0.1) is 0 Å². The third kappa shape index (κ3) is 5.40. The summed E-state index contributed by atoms with van der Waals surface area (Å²) in [4.78, 5) is 0. The van der Waals surface area contributed by atoms with Crippen LogP contribution in [0.5, 0.6) is 0 Å². The van der Waals surface area contributed by atoms with E-state index in [0.29, 0.717) is 0 Å². The Morgan fingerprint density at radius 3 is 2.67 bits per heavy atom. The molecule has 0 unspecified atom stereocenters. The van der Waals surface area contributed by atoms with Gasteiger partial charge in [-0.05, 0) is 0 Å². The van der Waals surface area contributed by atoms with E-state index >= 15 is 0 Å². The molecule has 0 bridgehead atoms. The standard InChI is InChI=1S/C2H7NS.ClH.Sn/c3-1-2-4;;/h4H,1-3H2;1H;/q;;+2/p-2. The molecule has 0 aromatic heterocycles. The van der Waals surface area contributed by atoms with Crippen LogP contribution in [0.25, 0.3) is 0 Å². The van der Waals surface area contributed by atoms with Crippen LogP contribution in [0.2, 0.25) is 0 Å². The summed E-state index contributed by atoms with van der Waals surface area (Å²) in [6, 6.07) is 0. The van der Waals surface area contributed by atoms with E-state index in [-0.39, 0.29) is 0 Å². The van der Waals surface area contributed by atoms with Gasteiger partial charge in [-0.3, -0.25) is 0 Å². The Hall–Kier alpha value is 1.40. The predicted molar refractivity (Wildman–Crippen MR) is 33.1 cm³/mol. The summed E-state index contributed by atoms with van der Waals surface area (Å²) in [6.45, 7) is 0.776. The summed E-state index contributed by atoms with van der Waals surface area (Å²) in [5, 5.41) is 0. The van der Waals surface area contributed by atoms with Gasteiger partial charge in [0.2, 0.25) is 0 Å². The van der Waals surface area contributed by atoms with E-state index in [1.54, 1.807) is 0 Å². The molecule has 0 amide bonds. The summed E-state index contributed by atoms with van der Waals surface area (Å²) >= 11 is -0.501. The molecule has 6 heavy (non-hydrogen) atoms. The molecule has 36 valence electrons. The van der Waals surface area contributed by atoms with Gasteiger partial charge >= 0.3 is 54.5 Å². The van der Waals surface area contributed by atoms with Crippen molar-refractivity contribution in [3.05, 3.63) is 0 Å². The summed E-state index contributed by atoms with van der Waals surface area (Å²) in [6.07, 6.45) is 0. The molecule has 1 nitrogen and oxygen atoms in total. The monoisotopic (exact) mass is 231 g/mol. The molecular weight excluding hydrogens is 224 g/mol. The van der Waals surface area contributed by atoms with E-state index in [9.17, 15) is 0 Å². The van der Waals surface area contributed by atoms with Gasteiger partial charge in [-0.25, -0.2) is 0 Å². The second-order valence-electron chi connectivity index (χ2n) is 0.714. The molecule has 0 rings (SSSR count). The Labute approximate surface area is 54.4 Å². The molecule has 2 radical (unpaired) electrons. The molecule has 0 saturated carbocycles. The van der Waals surface area contributed by atoms with Crippen molar-refractivity contribution in [2.45, 2.75) is 0 Å². The SMILES string of the molecule is NCC[S][Sn][Cl]. The van der Waals surface area contributed by atoms with Crippen molar-refractivity contribution in [1.82, 2.24) is 0 Å². The molecule has 0 atom stereocenters. The summed E-state index contributed by atoms with van der Waals surface area (Å²) in [5.41, 5.74) is 5.16. The molecule has 0 saturated heterocycles. The normalized spacial score (nSPS) is 9.00. The number of hydrogen-bond donors (Lipinski definition) is 1. The zero-order chi connectivity index (χ0) is 4.83. The fourth-order valence-corrected chi connectivity index (χ4v) is 3.51. The molecule has 0 heterocycles. The summed E-state index contributed by atoms with van der Waals surface area (Å²) in [7, 11) is 7.28. The van der Waals surface area contributed by atoms with Crippen LogP contribution in [0, 0.1) is 0 Å². The molecule has 0 spiro atoms. The molecular formula is C2H6ClNSSn. The van der Waals surface area contributed by atoms with Crippen LogP contribution in [0.1, 0.15) is 0 Å². The Morgan fingerprint density at radius 1 is 1.83 bits per heavy atom. The van der Waals surface area contributed by atoms with Gasteiger partial charge in [0.25, 0.3) is 0 Å². The first-order chi connectivity index (χ1) is 2.91. The van der Waals surface area contributed by atoms with Crippen molar-refractivity contribution in [3.63, 3.8) is 0 Å². The van der Waals surface area contributed by atoms with Gasteiger partial charge in [0.1, 0.15) is 0 Å². The van der Waals surface area contributed by atoms with Crippen LogP contribution in [0.3, 0.4) is 0 Å². The van der Waals surface area contributed by atoms with Crippen LogP contribution in [-0.2, 0) is 0 Å². The molecule has 0 aromatic carbocycles. The third-order valence-corrected chi connectivity index (χ3v) is 5.70. The first kappa shape index (κ1) is 7.40. The van der Waals surface area contributed by atoms with Gasteiger partial charge in [-0.2, -0.15) is 0 Å². The average molecular weight is 230 g/mol. The molecule has 0 aliphatic rings. The first-order valence-electron chi connectivity index (χ1n) is 1.59. The van der Waals surface area contributed by atoms with E-state index < -0.39 is 18.6 Å². The molecule has 0 aliphatic carbocycles. The van der Waals surface area contributed by atoms with Crippen LogP contribution >= 0.6 is 17.9 Å². The molecule has 2 N–H and O–H groups in total. The number of hydrogen-bond acceptors (Lipinski definition) is 2. The minimum atomic E-state index is -0.501. The van der Waals surface area contributed by atoms with E-state index in [1.807, 2.05) is 8.95 Å². The Bertz CT molecular complexity index is 25.5. The van der Waals surface area contributed by atoms with Gasteiger partial charge in [-0.15, -0.1) is 0 Å². The second-order valence-corrected chi connectivity index (χ2v) is 8.46. The van der Waals surface area contributed by atoms with E-state index in [2.05, 4.69) is 0 Å². The average Bonchev–Trinajstić information content (AvgIpc) is 1.61. The Morgan fingerprint density at radius 2 is 2.50 bits per heavy atom. The van der Waals surface area contributed by atoms with Gasteiger partial charge in [-0.1, -0.05) is 0 Å². The first-order valence-corrected chi connectivity index (χ1v) is 9.69. The zero-order valence-electron chi connectivity index (χ0n) is 3.28. The van der Waals surface area contributed by atoms with Crippen LogP contribution in [0.15, 0.2) is 0 Å². The third-order valence-electron chi connectivity index (χ3n) is 0.274. The molecule has 0 aromatic rings. The number of nitrogens with two attached hydrogens (primary N) is 1. The topological polar surface area (TPSA) is 26.0 Å². The van der Waals surface area contributed by atoms with Crippen LogP contribution in [-0.4, -0.2) is 30.9 Å². The van der Waals surface area contributed by atoms with Crippen molar-refractivity contribution in [1.29, 1.82) is 0 Å². The van der Waals surface area contributed by atoms with E-state index in [0.717, 1.165) is 12.3 Å².